The fourth-order valence-corrected chi connectivity index (χ4v) is 3.06. The molecule has 3 nitrogen and oxygen atoms in total. The molecule has 2 heterocycles. The highest BCUT2D eigenvalue weighted by Gasteiger charge is 2.50. The van der Waals surface area contributed by atoms with Gasteiger partial charge in [0.05, 0.1) is 22.5 Å². The summed E-state index contributed by atoms with van der Waals surface area (Å²) < 4.78 is 27.3. The van der Waals surface area contributed by atoms with Crippen LogP contribution in [0.15, 0.2) is 18.2 Å². The number of hydrogen-bond donors (Lipinski definition) is 1. The van der Waals surface area contributed by atoms with Crippen LogP contribution in [0.5, 0.6) is 0 Å². The number of H-pyrrole nitrogens is 1. The van der Waals surface area contributed by atoms with Crippen molar-refractivity contribution in [2.75, 3.05) is 11.4 Å². The first-order chi connectivity index (χ1) is 8.80. The Labute approximate surface area is 114 Å². The van der Waals surface area contributed by atoms with Gasteiger partial charge in [-0.05, 0) is 26.0 Å². The van der Waals surface area contributed by atoms with Crippen molar-refractivity contribution < 1.29 is 8.78 Å². The Morgan fingerprint density at radius 3 is 2.74 bits per heavy atom. The number of alkyl halides is 2. The number of fused-ring (bicyclic) bond motifs is 1. The fourth-order valence-electron chi connectivity index (χ4n) is 2.80. The average Bonchev–Trinajstić information content (AvgIpc) is 2.77. The largest absolute Gasteiger partial charge is 0.343 e. The van der Waals surface area contributed by atoms with Gasteiger partial charge < -0.3 is 4.90 Å². The number of halogens is 3. The van der Waals surface area contributed by atoms with Crippen LogP contribution in [0.3, 0.4) is 0 Å². The molecule has 3 rings (SSSR count). The molecule has 102 valence electrons. The maximum atomic E-state index is 13.7. The van der Waals surface area contributed by atoms with Crippen LogP contribution in [0.1, 0.15) is 20.3 Å². The molecule has 1 N–H and O–H groups in total. The van der Waals surface area contributed by atoms with Gasteiger partial charge in [0.2, 0.25) is 0 Å². The maximum absolute atomic E-state index is 13.7. The predicted octanol–water partition coefficient (Wildman–Crippen LogP) is 3.84. The Morgan fingerprint density at radius 1 is 1.37 bits per heavy atom. The van der Waals surface area contributed by atoms with Gasteiger partial charge in [-0.25, -0.2) is 8.78 Å². The normalized spacial score (nSPS) is 21.2. The van der Waals surface area contributed by atoms with E-state index in [2.05, 4.69) is 10.2 Å². The Hall–Kier alpha value is -1.36. The Balaban J connectivity index is 2.15. The van der Waals surface area contributed by atoms with E-state index in [0.29, 0.717) is 16.2 Å². The Bertz CT molecular complexity index is 636. The molecule has 0 bridgehead atoms. The minimum atomic E-state index is -2.70. The fraction of sp³-hybridized carbons (Fsp3) is 0.462. The molecule has 0 saturated carbocycles. The molecular weight excluding hydrogens is 272 g/mol. The predicted molar refractivity (Wildman–Crippen MR) is 72.1 cm³/mol. The van der Waals surface area contributed by atoms with Crippen LogP contribution in [0.25, 0.3) is 10.9 Å². The number of benzene rings is 1. The quantitative estimate of drug-likeness (QED) is 0.863. The van der Waals surface area contributed by atoms with E-state index < -0.39 is 11.5 Å². The summed E-state index contributed by atoms with van der Waals surface area (Å²) in [5.41, 5.74) is 0.110. The molecule has 0 radical (unpaired) electrons. The van der Waals surface area contributed by atoms with E-state index in [4.69, 9.17) is 11.6 Å². The number of nitrogens with zero attached hydrogens (tertiary/aromatic N) is 2. The molecule has 1 fully saturated rings. The van der Waals surface area contributed by atoms with Gasteiger partial charge in [-0.1, -0.05) is 17.7 Å². The minimum Gasteiger partial charge on any atom is -0.343 e. The first kappa shape index (κ1) is 12.7. The minimum absolute atomic E-state index is 0.182. The van der Waals surface area contributed by atoms with Crippen molar-refractivity contribution in [2.24, 2.45) is 0 Å². The van der Waals surface area contributed by atoms with E-state index in [-0.39, 0.29) is 13.0 Å². The standard InChI is InChI=1S/C13H14ClF2N3/c1-12(2)6-13(15,16)7-19(12)11-10-8(14)4-3-5-9(10)17-18-11/h3-5H,6-7H2,1-2H3,(H,17,18). The number of rotatable bonds is 1. The molecule has 1 aromatic heterocycles. The van der Waals surface area contributed by atoms with E-state index in [0.717, 1.165) is 5.52 Å². The van der Waals surface area contributed by atoms with E-state index in [9.17, 15) is 8.78 Å². The van der Waals surface area contributed by atoms with Crippen molar-refractivity contribution in [3.8, 4) is 0 Å². The molecule has 0 atom stereocenters. The average molecular weight is 286 g/mol. The first-order valence-electron chi connectivity index (χ1n) is 6.08. The van der Waals surface area contributed by atoms with Crippen LogP contribution in [0.2, 0.25) is 5.02 Å². The maximum Gasteiger partial charge on any atom is 0.267 e. The number of hydrogen-bond acceptors (Lipinski definition) is 2. The molecule has 0 unspecified atom stereocenters. The van der Waals surface area contributed by atoms with Gasteiger partial charge >= 0.3 is 0 Å². The third-order valence-electron chi connectivity index (χ3n) is 3.59. The van der Waals surface area contributed by atoms with Gasteiger partial charge in [-0.15, -0.1) is 0 Å². The molecule has 1 aliphatic heterocycles. The van der Waals surface area contributed by atoms with E-state index in [1.165, 1.54) is 0 Å². The lowest BCUT2D eigenvalue weighted by atomic mass is 10.0. The van der Waals surface area contributed by atoms with Crippen molar-refractivity contribution in [3.63, 3.8) is 0 Å². The number of aromatic amines is 1. The van der Waals surface area contributed by atoms with E-state index >= 15 is 0 Å². The lowest BCUT2D eigenvalue weighted by Crippen LogP contribution is -2.38. The second kappa shape index (κ2) is 3.82. The Kier molecular flexibility index (Phi) is 2.55. The SMILES string of the molecule is CC1(C)CC(F)(F)CN1c1n[nH]c2cccc(Cl)c12. The number of aromatic nitrogens is 2. The third kappa shape index (κ3) is 1.96. The van der Waals surface area contributed by atoms with Crippen LogP contribution in [-0.4, -0.2) is 28.2 Å². The summed E-state index contributed by atoms with van der Waals surface area (Å²) in [7, 11) is 0. The van der Waals surface area contributed by atoms with Gasteiger partial charge in [0.15, 0.2) is 5.82 Å². The van der Waals surface area contributed by atoms with Crippen molar-refractivity contribution in [1.29, 1.82) is 0 Å². The monoisotopic (exact) mass is 285 g/mol. The zero-order chi connectivity index (χ0) is 13.8. The molecule has 0 aliphatic carbocycles. The third-order valence-corrected chi connectivity index (χ3v) is 3.90. The Morgan fingerprint density at radius 2 is 2.11 bits per heavy atom. The summed E-state index contributed by atoms with van der Waals surface area (Å²) in [4.78, 5) is 1.64. The van der Waals surface area contributed by atoms with Crippen molar-refractivity contribution in [2.45, 2.75) is 31.7 Å². The molecule has 2 aromatic rings. The lowest BCUT2D eigenvalue weighted by Gasteiger charge is -2.30. The summed E-state index contributed by atoms with van der Waals surface area (Å²) in [5, 5.41) is 8.26. The first-order valence-corrected chi connectivity index (χ1v) is 6.46. The molecule has 6 heteroatoms. The van der Waals surface area contributed by atoms with Crippen LogP contribution >= 0.6 is 11.6 Å². The van der Waals surface area contributed by atoms with E-state index in [1.807, 2.05) is 6.07 Å². The second-order valence-corrected chi connectivity index (χ2v) is 6.05. The summed E-state index contributed by atoms with van der Waals surface area (Å²) in [6, 6.07) is 5.37. The highest BCUT2D eigenvalue weighted by Crippen LogP contribution is 2.44. The van der Waals surface area contributed by atoms with Crippen LogP contribution in [0.4, 0.5) is 14.6 Å². The summed E-state index contributed by atoms with van der Waals surface area (Å²) in [6.45, 7) is 3.27. The van der Waals surface area contributed by atoms with Gasteiger partial charge in [-0.2, -0.15) is 5.10 Å². The number of nitrogens with one attached hydrogen (secondary N) is 1. The lowest BCUT2D eigenvalue weighted by molar-refractivity contribution is 0.0184. The van der Waals surface area contributed by atoms with Crippen LogP contribution in [-0.2, 0) is 0 Å². The smallest absolute Gasteiger partial charge is 0.267 e. The summed E-state index contributed by atoms with van der Waals surface area (Å²) >= 11 is 6.17. The van der Waals surface area contributed by atoms with Crippen LogP contribution in [0, 0.1) is 0 Å². The molecule has 1 aliphatic rings. The number of anilines is 1. The molecule has 1 aromatic carbocycles. The van der Waals surface area contributed by atoms with Crippen molar-refractivity contribution in [3.05, 3.63) is 23.2 Å². The van der Waals surface area contributed by atoms with Crippen molar-refractivity contribution in [1.82, 2.24) is 10.2 Å². The molecule has 1 saturated heterocycles. The van der Waals surface area contributed by atoms with E-state index in [1.54, 1.807) is 30.9 Å². The van der Waals surface area contributed by atoms with Gasteiger partial charge in [0, 0.05) is 12.0 Å². The zero-order valence-electron chi connectivity index (χ0n) is 10.7. The van der Waals surface area contributed by atoms with Gasteiger partial charge in [0.1, 0.15) is 0 Å². The highest BCUT2D eigenvalue weighted by atomic mass is 35.5. The zero-order valence-corrected chi connectivity index (χ0v) is 11.4. The topological polar surface area (TPSA) is 31.9 Å². The summed E-state index contributed by atoms with van der Waals surface area (Å²) in [6.07, 6.45) is -0.182. The van der Waals surface area contributed by atoms with Crippen LogP contribution < -0.4 is 4.90 Å². The van der Waals surface area contributed by atoms with Gasteiger partial charge in [-0.3, -0.25) is 5.10 Å². The summed E-state index contributed by atoms with van der Waals surface area (Å²) in [5.74, 6) is -2.20. The molecule has 0 amide bonds. The second-order valence-electron chi connectivity index (χ2n) is 5.64. The molecule has 0 spiro atoms. The highest BCUT2D eigenvalue weighted by molar-refractivity contribution is 6.36. The molecule has 19 heavy (non-hydrogen) atoms. The van der Waals surface area contributed by atoms with Crippen molar-refractivity contribution >= 4 is 28.3 Å². The molecular formula is C13H14ClF2N3. The van der Waals surface area contributed by atoms with Gasteiger partial charge in [0.25, 0.3) is 5.92 Å².